The van der Waals surface area contributed by atoms with E-state index in [2.05, 4.69) is 36.8 Å². The summed E-state index contributed by atoms with van der Waals surface area (Å²) in [6.07, 6.45) is 7.42. The summed E-state index contributed by atoms with van der Waals surface area (Å²) in [5.74, 6) is 1.43. The van der Waals surface area contributed by atoms with E-state index in [0.29, 0.717) is 39.5 Å². The molecule has 1 aliphatic rings. The van der Waals surface area contributed by atoms with Crippen molar-refractivity contribution in [1.82, 2.24) is 30.2 Å². The fourth-order valence-corrected chi connectivity index (χ4v) is 4.67. The first-order valence-corrected chi connectivity index (χ1v) is 14.3. The van der Waals surface area contributed by atoms with Gasteiger partial charge in [0.2, 0.25) is 18.0 Å². The summed E-state index contributed by atoms with van der Waals surface area (Å²) >= 11 is 6.56. The molecular weight excluding hydrogens is 540 g/mol. The van der Waals surface area contributed by atoms with Crippen molar-refractivity contribution in [3.63, 3.8) is 0 Å². The Labute approximate surface area is 230 Å². The van der Waals surface area contributed by atoms with E-state index in [1.165, 1.54) is 7.11 Å². The van der Waals surface area contributed by atoms with Crippen molar-refractivity contribution in [3.8, 4) is 29.2 Å². The number of aromatic nitrogens is 5. The molecule has 0 spiro atoms. The van der Waals surface area contributed by atoms with Crippen LogP contribution >= 0.6 is 21.9 Å². The second-order valence-corrected chi connectivity index (χ2v) is 12.1. The highest BCUT2D eigenvalue weighted by Crippen LogP contribution is 2.44. The third kappa shape index (κ3) is 5.42. The van der Waals surface area contributed by atoms with Crippen molar-refractivity contribution < 1.29 is 14.0 Å². The number of para-hydroxylation sites is 1. The highest BCUT2D eigenvalue weighted by Gasteiger charge is 2.27. The van der Waals surface area contributed by atoms with Crippen LogP contribution in [-0.2, 0) is 4.74 Å². The molecule has 5 rings (SSSR count). The minimum Gasteiger partial charge on any atom is -0.481 e. The maximum absolute atomic E-state index is 10.4. The second kappa shape index (κ2) is 10.7. The van der Waals surface area contributed by atoms with E-state index >= 15 is 0 Å². The maximum Gasteiger partial charge on any atom is 0.240 e. The van der Waals surface area contributed by atoms with Gasteiger partial charge in [-0.3, -0.25) is 15.0 Å². The molecular formula is C26H23ClN8O3S. The number of methoxy groups -OCH3 is 1. The van der Waals surface area contributed by atoms with Gasteiger partial charge in [-0.25, -0.2) is 4.98 Å². The second-order valence-electron chi connectivity index (χ2n) is 8.66. The van der Waals surface area contributed by atoms with Crippen LogP contribution in [0.25, 0.3) is 23.3 Å². The van der Waals surface area contributed by atoms with Gasteiger partial charge in [0, 0.05) is 35.0 Å². The number of nitriles is 1. The monoisotopic (exact) mass is 562 g/mol. The van der Waals surface area contributed by atoms with Crippen molar-refractivity contribution in [2.24, 2.45) is 5.10 Å². The zero-order chi connectivity index (χ0) is 27.6. The van der Waals surface area contributed by atoms with Gasteiger partial charge in [-0.15, -0.1) is 25.6 Å². The van der Waals surface area contributed by atoms with E-state index in [1.807, 2.05) is 24.3 Å². The van der Waals surface area contributed by atoms with Crippen LogP contribution in [0, 0.1) is 11.3 Å². The van der Waals surface area contributed by atoms with Gasteiger partial charge in [-0.05, 0) is 42.8 Å². The van der Waals surface area contributed by atoms with Crippen molar-refractivity contribution in [2.75, 3.05) is 19.6 Å². The molecule has 1 aromatic carbocycles. The number of hydrogen-bond donors (Lipinski definition) is 2. The normalized spacial score (nSPS) is 15.6. The maximum atomic E-state index is 10.4. The van der Waals surface area contributed by atoms with Crippen LogP contribution in [0.1, 0.15) is 11.4 Å². The smallest absolute Gasteiger partial charge is 0.240 e. The molecule has 1 unspecified atom stereocenters. The molecule has 0 saturated carbocycles. The van der Waals surface area contributed by atoms with Crippen LogP contribution in [0.2, 0.25) is 5.02 Å². The van der Waals surface area contributed by atoms with Crippen molar-refractivity contribution in [2.45, 2.75) is 11.1 Å². The van der Waals surface area contributed by atoms with Crippen LogP contribution in [0.4, 0.5) is 0 Å². The standard InChI is InChI=1S/C26H23ClN8O3S/c1-37-23-13-16(10-11-29-23)25-33-34-26(38-25)17(14-28)12-22-31-32-24(35(22)21-7-5-4-6-19(21)27)20-9-8-18(15-30-20)39(2,3)36/h4-13,15,26,34,36H,1-3H3/b17-12-. The molecule has 0 aliphatic carbocycles. The Bertz CT molecular complexity index is 1620. The molecule has 2 N–H and O–H groups in total. The van der Waals surface area contributed by atoms with Crippen molar-refractivity contribution in [3.05, 3.63) is 82.9 Å². The molecule has 4 aromatic rings. The number of nitrogens with one attached hydrogen (secondary N) is 1. The fourth-order valence-electron chi connectivity index (χ4n) is 3.74. The van der Waals surface area contributed by atoms with E-state index in [4.69, 9.17) is 21.1 Å². The summed E-state index contributed by atoms with van der Waals surface area (Å²) in [6, 6.07) is 16.3. The molecule has 0 radical (unpaired) electrons. The molecule has 4 heterocycles. The van der Waals surface area contributed by atoms with Crippen LogP contribution in [0.15, 0.2) is 76.5 Å². The van der Waals surface area contributed by atoms with E-state index in [0.717, 1.165) is 4.90 Å². The number of nitrogens with zero attached hydrogens (tertiary/aromatic N) is 7. The molecule has 0 fully saturated rings. The van der Waals surface area contributed by atoms with Crippen LogP contribution in [-0.4, -0.2) is 61.0 Å². The lowest BCUT2D eigenvalue weighted by molar-refractivity contribution is 0.231. The van der Waals surface area contributed by atoms with Gasteiger partial charge >= 0.3 is 0 Å². The first-order chi connectivity index (χ1) is 18.8. The Morgan fingerprint density at radius 3 is 2.72 bits per heavy atom. The summed E-state index contributed by atoms with van der Waals surface area (Å²) in [5, 5.41) is 23.4. The number of rotatable bonds is 7. The Kier molecular flexibility index (Phi) is 7.21. The van der Waals surface area contributed by atoms with Gasteiger partial charge in [0.1, 0.15) is 11.8 Å². The summed E-state index contributed by atoms with van der Waals surface area (Å²) in [6.45, 7) is 0. The van der Waals surface area contributed by atoms with Gasteiger partial charge in [0.05, 0.1) is 23.4 Å². The lowest BCUT2D eigenvalue weighted by Gasteiger charge is -2.23. The first-order valence-electron chi connectivity index (χ1n) is 11.5. The first kappa shape index (κ1) is 26.2. The van der Waals surface area contributed by atoms with Gasteiger partial charge in [0.25, 0.3) is 0 Å². The number of hydrogen-bond acceptors (Lipinski definition) is 10. The Hall–Kier alpha value is -4.44. The van der Waals surface area contributed by atoms with Crippen LogP contribution in [0.5, 0.6) is 5.88 Å². The van der Waals surface area contributed by atoms with Gasteiger partial charge in [-0.1, -0.05) is 23.7 Å². The largest absolute Gasteiger partial charge is 0.481 e. The minimum absolute atomic E-state index is 0.205. The molecule has 1 aliphatic heterocycles. The van der Waals surface area contributed by atoms with E-state index in [1.54, 1.807) is 59.8 Å². The molecule has 13 heteroatoms. The minimum atomic E-state index is -1.94. The third-order valence-electron chi connectivity index (χ3n) is 5.72. The zero-order valence-electron chi connectivity index (χ0n) is 21.1. The van der Waals surface area contributed by atoms with Crippen molar-refractivity contribution in [1.29, 1.82) is 5.26 Å². The van der Waals surface area contributed by atoms with Crippen LogP contribution in [0.3, 0.4) is 0 Å². The number of ether oxygens (including phenoxy) is 2. The quantitative estimate of drug-likeness (QED) is 0.311. The highest BCUT2D eigenvalue weighted by molar-refractivity contribution is 8.28. The average molecular weight is 563 g/mol. The predicted molar refractivity (Wildman–Crippen MR) is 149 cm³/mol. The summed E-state index contributed by atoms with van der Waals surface area (Å²) in [7, 11) is -0.421. The van der Waals surface area contributed by atoms with E-state index in [-0.39, 0.29) is 11.5 Å². The van der Waals surface area contributed by atoms with Crippen molar-refractivity contribution >= 4 is 33.9 Å². The summed E-state index contributed by atoms with van der Waals surface area (Å²) in [4.78, 5) is 9.33. The SMILES string of the molecule is COc1cc(C2=NNC(/C(C#N)=C\c3nnc(-c4ccc(S(C)(C)O)cn4)n3-c3ccccc3Cl)O2)ccn1. The fraction of sp³-hybridized carbons (Fsp3) is 0.154. The van der Waals surface area contributed by atoms with Gasteiger partial charge < -0.3 is 14.0 Å². The number of halogens is 1. The lowest BCUT2D eigenvalue weighted by atomic mass is 10.2. The van der Waals surface area contributed by atoms with Gasteiger partial charge in [0.15, 0.2) is 11.6 Å². The molecule has 198 valence electrons. The van der Waals surface area contributed by atoms with Gasteiger partial charge in [-0.2, -0.15) is 5.26 Å². The third-order valence-corrected chi connectivity index (χ3v) is 7.44. The van der Waals surface area contributed by atoms with E-state index in [9.17, 15) is 9.81 Å². The zero-order valence-corrected chi connectivity index (χ0v) is 22.7. The summed E-state index contributed by atoms with van der Waals surface area (Å²) < 4.78 is 23.2. The number of pyridine rings is 2. The molecule has 11 nitrogen and oxygen atoms in total. The average Bonchev–Trinajstić information content (AvgIpc) is 3.59. The molecule has 39 heavy (non-hydrogen) atoms. The molecule has 0 bridgehead atoms. The van der Waals surface area contributed by atoms with Crippen LogP contribution < -0.4 is 10.2 Å². The topological polar surface area (TPSA) is 143 Å². The molecule has 3 aromatic heterocycles. The Morgan fingerprint density at radius 1 is 1.21 bits per heavy atom. The molecule has 0 saturated heterocycles. The lowest BCUT2D eigenvalue weighted by Crippen LogP contribution is -2.24. The predicted octanol–water partition coefficient (Wildman–Crippen LogP) is 4.50. The Morgan fingerprint density at radius 2 is 2.03 bits per heavy atom. The number of benzene rings is 1. The summed E-state index contributed by atoms with van der Waals surface area (Å²) in [5.41, 5.74) is 4.80. The highest BCUT2D eigenvalue weighted by atomic mass is 35.5. The Balaban J connectivity index is 1.52. The van der Waals surface area contributed by atoms with E-state index < -0.39 is 16.5 Å². The molecule has 0 amide bonds. The number of hydrazone groups is 1. The molecule has 1 atom stereocenters.